The molecule has 0 unspecified atom stereocenters. The number of halogens is 1. The summed E-state index contributed by atoms with van der Waals surface area (Å²) in [5, 5.41) is 8.01. The fourth-order valence-electron chi connectivity index (χ4n) is 3.29. The van der Waals surface area contributed by atoms with Gasteiger partial charge < -0.3 is 5.32 Å². The molecule has 0 bridgehead atoms. The second-order valence-electron chi connectivity index (χ2n) is 6.70. The third kappa shape index (κ3) is 3.81. The molecule has 1 aliphatic rings. The minimum atomic E-state index is -0.0976. The fourth-order valence-corrected chi connectivity index (χ4v) is 3.61. The molecule has 24 heavy (non-hydrogen) atoms. The van der Waals surface area contributed by atoms with Crippen molar-refractivity contribution in [2.45, 2.75) is 58.5 Å². The van der Waals surface area contributed by atoms with Crippen molar-refractivity contribution >= 4 is 17.5 Å². The number of carbonyl (C=O) groups is 1. The average Bonchev–Trinajstić information content (AvgIpc) is 2.84. The quantitative estimate of drug-likeness (QED) is 0.899. The van der Waals surface area contributed by atoms with Gasteiger partial charge in [0, 0.05) is 6.04 Å². The molecule has 0 atom stereocenters. The van der Waals surface area contributed by atoms with Gasteiger partial charge in [0.15, 0.2) is 0 Å². The number of hydrogen-bond acceptors (Lipinski definition) is 2. The Morgan fingerprint density at radius 3 is 2.54 bits per heavy atom. The van der Waals surface area contributed by atoms with Crippen LogP contribution in [0.1, 0.15) is 59.3 Å². The van der Waals surface area contributed by atoms with Crippen LogP contribution >= 0.6 is 11.6 Å². The highest BCUT2D eigenvalue weighted by molar-refractivity contribution is 6.33. The van der Waals surface area contributed by atoms with Crippen molar-refractivity contribution in [3.05, 3.63) is 51.8 Å². The summed E-state index contributed by atoms with van der Waals surface area (Å²) >= 11 is 6.46. The molecule has 0 saturated heterocycles. The van der Waals surface area contributed by atoms with E-state index in [1.807, 2.05) is 6.92 Å². The summed E-state index contributed by atoms with van der Waals surface area (Å²) in [4.78, 5) is 12.6. The van der Waals surface area contributed by atoms with Crippen molar-refractivity contribution in [1.29, 1.82) is 0 Å². The third-order valence-corrected chi connectivity index (χ3v) is 5.07. The van der Waals surface area contributed by atoms with Gasteiger partial charge in [-0.05, 0) is 32.3 Å². The van der Waals surface area contributed by atoms with Crippen molar-refractivity contribution in [2.75, 3.05) is 0 Å². The number of amides is 1. The average molecular weight is 346 g/mol. The molecule has 2 aromatic rings. The predicted molar refractivity (Wildman–Crippen MR) is 96.6 cm³/mol. The van der Waals surface area contributed by atoms with Crippen LogP contribution in [0.4, 0.5) is 0 Å². The molecule has 1 aromatic carbocycles. The minimum absolute atomic E-state index is 0.0976. The predicted octanol–water partition coefficient (Wildman–Crippen LogP) is 4.26. The minimum Gasteiger partial charge on any atom is -0.349 e. The van der Waals surface area contributed by atoms with Crippen LogP contribution in [0.2, 0.25) is 5.15 Å². The molecular formula is C19H24ClN3O. The second-order valence-corrected chi connectivity index (χ2v) is 7.06. The molecule has 1 N–H and O–H groups in total. The van der Waals surface area contributed by atoms with E-state index in [2.05, 4.69) is 41.6 Å². The summed E-state index contributed by atoms with van der Waals surface area (Å²) in [5.41, 5.74) is 3.52. The molecule has 0 aliphatic heterocycles. The molecule has 0 radical (unpaired) electrons. The molecule has 1 heterocycles. The summed E-state index contributed by atoms with van der Waals surface area (Å²) in [5.74, 6) is -0.0976. The number of nitrogens with zero attached hydrogens (tertiary/aromatic N) is 2. The van der Waals surface area contributed by atoms with E-state index in [1.54, 1.807) is 4.68 Å². The molecule has 1 aromatic heterocycles. The molecule has 1 aliphatic carbocycles. The SMILES string of the molecule is Cc1ccc(Cn2nc(C)c(C(=O)NC3CCCCC3)c2Cl)cc1. The van der Waals surface area contributed by atoms with Gasteiger partial charge in [-0.2, -0.15) is 5.10 Å². The Hall–Kier alpha value is -1.81. The molecule has 1 fully saturated rings. The lowest BCUT2D eigenvalue weighted by atomic mass is 9.95. The number of hydrogen-bond donors (Lipinski definition) is 1. The Labute approximate surface area is 148 Å². The number of benzene rings is 1. The van der Waals surface area contributed by atoms with Crippen molar-refractivity contribution in [3.8, 4) is 0 Å². The molecule has 3 rings (SSSR count). The molecule has 0 spiro atoms. The zero-order valence-corrected chi connectivity index (χ0v) is 15.1. The van der Waals surface area contributed by atoms with Gasteiger partial charge in [0.25, 0.3) is 5.91 Å². The van der Waals surface area contributed by atoms with Crippen LogP contribution in [-0.2, 0) is 6.54 Å². The van der Waals surface area contributed by atoms with Crippen LogP contribution in [-0.4, -0.2) is 21.7 Å². The fraction of sp³-hybridized carbons (Fsp3) is 0.474. The summed E-state index contributed by atoms with van der Waals surface area (Å²) in [6.45, 7) is 4.46. The summed E-state index contributed by atoms with van der Waals surface area (Å²) in [7, 11) is 0. The first kappa shape index (κ1) is 17.0. The van der Waals surface area contributed by atoms with Crippen LogP contribution in [0.3, 0.4) is 0 Å². The number of carbonyl (C=O) groups excluding carboxylic acids is 1. The highest BCUT2D eigenvalue weighted by Gasteiger charge is 2.23. The molecular weight excluding hydrogens is 322 g/mol. The Kier molecular flexibility index (Phi) is 5.24. The van der Waals surface area contributed by atoms with Gasteiger partial charge in [-0.3, -0.25) is 4.79 Å². The maximum Gasteiger partial charge on any atom is 0.256 e. The van der Waals surface area contributed by atoms with Crippen molar-refractivity contribution in [3.63, 3.8) is 0 Å². The topological polar surface area (TPSA) is 46.9 Å². The lowest BCUT2D eigenvalue weighted by molar-refractivity contribution is 0.0927. The van der Waals surface area contributed by atoms with Crippen molar-refractivity contribution in [2.24, 2.45) is 0 Å². The van der Waals surface area contributed by atoms with Crippen LogP contribution in [0.5, 0.6) is 0 Å². The monoisotopic (exact) mass is 345 g/mol. The van der Waals surface area contributed by atoms with Crippen LogP contribution in [0.25, 0.3) is 0 Å². The second kappa shape index (κ2) is 7.39. The van der Waals surface area contributed by atoms with Gasteiger partial charge in [-0.25, -0.2) is 4.68 Å². The number of rotatable bonds is 4. The Balaban J connectivity index is 1.75. The molecule has 128 valence electrons. The Morgan fingerprint density at radius 1 is 1.21 bits per heavy atom. The molecule has 1 saturated carbocycles. The van der Waals surface area contributed by atoms with Gasteiger partial charge in [-0.1, -0.05) is 60.7 Å². The third-order valence-electron chi connectivity index (χ3n) is 4.69. The maximum absolute atomic E-state index is 12.6. The first-order chi connectivity index (χ1) is 11.5. The van der Waals surface area contributed by atoms with Gasteiger partial charge in [0.05, 0.1) is 17.8 Å². The zero-order valence-electron chi connectivity index (χ0n) is 14.3. The van der Waals surface area contributed by atoms with E-state index in [1.165, 1.54) is 24.8 Å². The van der Waals surface area contributed by atoms with E-state index in [4.69, 9.17) is 11.6 Å². The van der Waals surface area contributed by atoms with Gasteiger partial charge in [-0.15, -0.1) is 0 Å². The van der Waals surface area contributed by atoms with Crippen LogP contribution in [0.15, 0.2) is 24.3 Å². The number of aryl methyl sites for hydroxylation is 2. The van der Waals surface area contributed by atoms with E-state index in [0.717, 1.165) is 18.4 Å². The zero-order chi connectivity index (χ0) is 17.1. The van der Waals surface area contributed by atoms with Crippen molar-refractivity contribution in [1.82, 2.24) is 15.1 Å². The van der Waals surface area contributed by atoms with Gasteiger partial charge in [0.1, 0.15) is 5.15 Å². The van der Waals surface area contributed by atoms with Gasteiger partial charge in [0.2, 0.25) is 0 Å². The first-order valence-corrected chi connectivity index (χ1v) is 9.01. The van der Waals surface area contributed by atoms with E-state index in [0.29, 0.717) is 23.0 Å². The highest BCUT2D eigenvalue weighted by atomic mass is 35.5. The van der Waals surface area contributed by atoms with E-state index in [9.17, 15) is 4.79 Å². The Morgan fingerprint density at radius 2 is 1.88 bits per heavy atom. The van der Waals surface area contributed by atoms with E-state index in [-0.39, 0.29) is 11.9 Å². The molecule has 5 heteroatoms. The highest BCUT2D eigenvalue weighted by Crippen LogP contribution is 2.23. The molecule has 1 amide bonds. The summed E-state index contributed by atoms with van der Waals surface area (Å²) in [6.07, 6.45) is 5.75. The Bertz CT molecular complexity index is 715. The lowest BCUT2D eigenvalue weighted by Gasteiger charge is -2.22. The maximum atomic E-state index is 12.6. The largest absolute Gasteiger partial charge is 0.349 e. The smallest absolute Gasteiger partial charge is 0.256 e. The van der Waals surface area contributed by atoms with Gasteiger partial charge >= 0.3 is 0 Å². The number of nitrogens with one attached hydrogen (secondary N) is 1. The standard InChI is InChI=1S/C19H24ClN3O/c1-13-8-10-15(11-9-13)12-23-18(20)17(14(2)22-23)19(24)21-16-6-4-3-5-7-16/h8-11,16H,3-7,12H2,1-2H3,(H,21,24). The normalized spacial score (nSPS) is 15.5. The van der Waals surface area contributed by atoms with E-state index >= 15 is 0 Å². The van der Waals surface area contributed by atoms with Crippen LogP contribution < -0.4 is 5.32 Å². The van der Waals surface area contributed by atoms with Crippen LogP contribution in [0, 0.1) is 13.8 Å². The van der Waals surface area contributed by atoms with E-state index < -0.39 is 0 Å². The summed E-state index contributed by atoms with van der Waals surface area (Å²) < 4.78 is 1.71. The first-order valence-electron chi connectivity index (χ1n) is 8.64. The van der Waals surface area contributed by atoms with Crippen molar-refractivity contribution < 1.29 is 4.79 Å². The lowest BCUT2D eigenvalue weighted by Crippen LogP contribution is -2.36. The summed E-state index contributed by atoms with van der Waals surface area (Å²) in [6, 6.07) is 8.52. The molecule has 4 nitrogen and oxygen atoms in total. The number of aromatic nitrogens is 2.